The standard InChI is InChI=1S/C22H28N6O3/c1-14(29)24-11-3-2-4-12-25-20(30)16-8-5-15(6-9-16)7-10-17-13-26-19-18(17)21(31)28-22(23)27-19/h5-6,8-9,13,18H,2-4,7,10-12H2,1H3,(H,24,29)(H,25,30)(H3,23,26,27,28,31). The van der Waals surface area contributed by atoms with Gasteiger partial charge in [-0.1, -0.05) is 12.1 Å². The lowest BCUT2D eigenvalue weighted by Gasteiger charge is -2.19. The lowest BCUT2D eigenvalue weighted by Crippen LogP contribution is -2.47. The summed E-state index contributed by atoms with van der Waals surface area (Å²) in [6.07, 6.45) is 5.80. The third-order valence-corrected chi connectivity index (χ3v) is 5.17. The van der Waals surface area contributed by atoms with Crippen LogP contribution in [0.25, 0.3) is 0 Å². The number of aryl methyl sites for hydroxylation is 1. The summed E-state index contributed by atoms with van der Waals surface area (Å²) in [5.41, 5.74) is 8.16. The molecule has 0 bridgehead atoms. The molecule has 2 heterocycles. The van der Waals surface area contributed by atoms with Crippen LogP contribution in [0.4, 0.5) is 0 Å². The van der Waals surface area contributed by atoms with Crippen LogP contribution in [0.15, 0.2) is 46.0 Å². The maximum atomic E-state index is 12.3. The van der Waals surface area contributed by atoms with Gasteiger partial charge in [0.1, 0.15) is 11.8 Å². The average molecular weight is 425 g/mol. The number of fused-ring (bicyclic) bond motifs is 1. The Balaban J connectivity index is 1.39. The highest BCUT2D eigenvalue weighted by molar-refractivity contribution is 6.19. The molecule has 0 aromatic heterocycles. The molecule has 9 heteroatoms. The van der Waals surface area contributed by atoms with E-state index in [1.54, 1.807) is 6.20 Å². The molecule has 1 aromatic carbocycles. The van der Waals surface area contributed by atoms with E-state index in [0.29, 0.717) is 30.9 Å². The Labute approximate surface area is 181 Å². The molecule has 164 valence electrons. The highest BCUT2D eigenvalue weighted by atomic mass is 16.2. The van der Waals surface area contributed by atoms with Gasteiger partial charge in [-0.3, -0.25) is 19.7 Å². The van der Waals surface area contributed by atoms with Crippen LogP contribution in [0.3, 0.4) is 0 Å². The van der Waals surface area contributed by atoms with E-state index in [9.17, 15) is 14.4 Å². The van der Waals surface area contributed by atoms with Gasteiger partial charge in [0, 0.05) is 31.8 Å². The molecule has 0 saturated heterocycles. The monoisotopic (exact) mass is 424 g/mol. The minimum atomic E-state index is -0.462. The zero-order valence-electron chi connectivity index (χ0n) is 17.6. The van der Waals surface area contributed by atoms with E-state index >= 15 is 0 Å². The molecule has 3 amide bonds. The summed E-state index contributed by atoms with van der Waals surface area (Å²) in [7, 11) is 0. The van der Waals surface area contributed by atoms with Crippen molar-refractivity contribution in [2.45, 2.75) is 39.0 Å². The molecular weight excluding hydrogens is 396 g/mol. The molecule has 2 aliphatic heterocycles. The van der Waals surface area contributed by atoms with Crippen LogP contribution in [0.2, 0.25) is 0 Å². The van der Waals surface area contributed by atoms with Crippen molar-refractivity contribution in [2.75, 3.05) is 13.1 Å². The summed E-state index contributed by atoms with van der Waals surface area (Å²) in [6, 6.07) is 7.48. The number of amides is 3. The number of rotatable bonds is 10. The van der Waals surface area contributed by atoms with Crippen molar-refractivity contribution in [2.24, 2.45) is 21.6 Å². The van der Waals surface area contributed by atoms with Crippen molar-refractivity contribution >= 4 is 29.5 Å². The number of unbranched alkanes of at least 4 members (excludes halogenated alkanes) is 2. The summed E-state index contributed by atoms with van der Waals surface area (Å²) in [6.45, 7) is 2.78. The normalized spacial score (nSPS) is 17.1. The number of nitrogens with one attached hydrogen (secondary N) is 3. The average Bonchev–Trinajstić information content (AvgIpc) is 3.14. The van der Waals surface area contributed by atoms with Gasteiger partial charge in [-0.05, 0) is 55.4 Å². The summed E-state index contributed by atoms with van der Waals surface area (Å²) in [4.78, 5) is 43.5. The molecular formula is C22H28N6O3. The minimum absolute atomic E-state index is 0.0198. The first-order valence-corrected chi connectivity index (χ1v) is 10.5. The Morgan fingerprint density at radius 3 is 2.48 bits per heavy atom. The Bertz CT molecular complexity index is 933. The van der Waals surface area contributed by atoms with Crippen LogP contribution in [-0.2, 0) is 16.0 Å². The first-order chi connectivity index (χ1) is 14.9. The first kappa shape index (κ1) is 22.2. The summed E-state index contributed by atoms with van der Waals surface area (Å²) < 4.78 is 0. The predicted octanol–water partition coefficient (Wildman–Crippen LogP) is 1.01. The van der Waals surface area contributed by atoms with Crippen LogP contribution < -0.4 is 21.7 Å². The maximum absolute atomic E-state index is 12.3. The number of amidine groups is 1. The second-order valence-corrected chi connectivity index (χ2v) is 7.61. The van der Waals surface area contributed by atoms with Crippen LogP contribution in [0, 0.1) is 5.92 Å². The highest BCUT2D eigenvalue weighted by Crippen LogP contribution is 2.27. The molecule has 0 radical (unpaired) electrons. The Morgan fingerprint density at radius 2 is 1.77 bits per heavy atom. The molecule has 1 atom stereocenters. The molecule has 31 heavy (non-hydrogen) atoms. The van der Waals surface area contributed by atoms with E-state index in [-0.39, 0.29) is 23.7 Å². The van der Waals surface area contributed by atoms with E-state index < -0.39 is 5.92 Å². The summed E-state index contributed by atoms with van der Waals surface area (Å²) in [5, 5.41) is 8.21. The van der Waals surface area contributed by atoms with Crippen molar-refractivity contribution < 1.29 is 14.4 Å². The van der Waals surface area contributed by atoms with Crippen molar-refractivity contribution in [1.29, 1.82) is 0 Å². The van der Waals surface area contributed by atoms with Crippen molar-refractivity contribution in [3.05, 3.63) is 47.2 Å². The van der Waals surface area contributed by atoms with E-state index in [0.717, 1.165) is 36.8 Å². The van der Waals surface area contributed by atoms with Gasteiger partial charge in [0.25, 0.3) is 5.91 Å². The van der Waals surface area contributed by atoms with E-state index in [1.165, 1.54) is 6.92 Å². The molecule has 9 nitrogen and oxygen atoms in total. The molecule has 2 aliphatic rings. The largest absolute Gasteiger partial charge is 0.369 e. The van der Waals surface area contributed by atoms with Gasteiger partial charge in [-0.25, -0.2) is 4.99 Å². The maximum Gasteiger partial charge on any atom is 0.251 e. The Kier molecular flexibility index (Phi) is 7.53. The number of carbonyl (C=O) groups excluding carboxylic acids is 3. The van der Waals surface area contributed by atoms with Gasteiger partial charge >= 0.3 is 0 Å². The Morgan fingerprint density at radius 1 is 1.06 bits per heavy atom. The smallest absolute Gasteiger partial charge is 0.251 e. The second kappa shape index (κ2) is 10.5. The molecule has 0 saturated carbocycles. The minimum Gasteiger partial charge on any atom is -0.369 e. The van der Waals surface area contributed by atoms with Gasteiger partial charge in [0.15, 0.2) is 0 Å². The number of nitrogens with zero attached hydrogens (tertiary/aromatic N) is 2. The van der Waals surface area contributed by atoms with Gasteiger partial charge in [0.2, 0.25) is 17.8 Å². The number of benzene rings is 1. The summed E-state index contributed by atoms with van der Waals surface area (Å²) in [5.74, 6) is -0.257. The zero-order chi connectivity index (χ0) is 22.2. The van der Waals surface area contributed by atoms with Crippen LogP contribution >= 0.6 is 0 Å². The number of carbonyl (C=O) groups is 3. The van der Waals surface area contributed by atoms with Gasteiger partial charge < -0.3 is 16.4 Å². The quantitative estimate of drug-likeness (QED) is 0.416. The fourth-order valence-electron chi connectivity index (χ4n) is 3.51. The van der Waals surface area contributed by atoms with Crippen molar-refractivity contribution in [1.82, 2.24) is 16.0 Å². The topological polar surface area (TPSA) is 138 Å². The van der Waals surface area contributed by atoms with E-state index in [2.05, 4.69) is 25.9 Å². The van der Waals surface area contributed by atoms with Crippen LogP contribution in [0.1, 0.15) is 48.5 Å². The second-order valence-electron chi connectivity index (χ2n) is 7.61. The molecule has 0 spiro atoms. The fraction of sp³-hybridized carbons (Fsp3) is 0.409. The number of hydrogen-bond donors (Lipinski definition) is 4. The van der Waals surface area contributed by atoms with Gasteiger partial charge in [-0.15, -0.1) is 0 Å². The van der Waals surface area contributed by atoms with Crippen molar-refractivity contribution in [3.8, 4) is 0 Å². The molecule has 5 N–H and O–H groups in total. The third kappa shape index (κ3) is 6.24. The SMILES string of the molecule is CC(=O)NCCCCCNC(=O)c1ccc(CCC2=CN=C3N=C(N)NC(=O)C23)cc1. The molecule has 1 unspecified atom stereocenters. The van der Waals surface area contributed by atoms with Crippen molar-refractivity contribution in [3.63, 3.8) is 0 Å². The Hall–Kier alpha value is -3.49. The number of aliphatic imine (C=N–C) groups is 2. The van der Waals surface area contributed by atoms with Gasteiger partial charge in [-0.2, -0.15) is 4.99 Å². The molecule has 0 fully saturated rings. The number of nitrogens with two attached hydrogens (primary N) is 1. The van der Waals surface area contributed by atoms with E-state index in [4.69, 9.17) is 5.73 Å². The predicted molar refractivity (Wildman–Crippen MR) is 118 cm³/mol. The lowest BCUT2D eigenvalue weighted by molar-refractivity contribution is -0.121. The lowest BCUT2D eigenvalue weighted by atomic mass is 9.93. The third-order valence-electron chi connectivity index (χ3n) is 5.17. The molecule has 3 rings (SSSR count). The highest BCUT2D eigenvalue weighted by Gasteiger charge is 2.35. The number of guanidine groups is 1. The van der Waals surface area contributed by atoms with Crippen LogP contribution in [-0.4, -0.2) is 42.6 Å². The van der Waals surface area contributed by atoms with E-state index in [1.807, 2.05) is 24.3 Å². The fourth-order valence-corrected chi connectivity index (χ4v) is 3.51. The van der Waals surface area contributed by atoms with Gasteiger partial charge in [0.05, 0.1) is 0 Å². The molecule has 1 aromatic rings. The summed E-state index contributed by atoms with van der Waals surface area (Å²) >= 11 is 0. The molecule has 0 aliphatic carbocycles. The zero-order valence-corrected chi connectivity index (χ0v) is 17.6. The first-order valence-electron chi connectivity index (χ1n) is 10.5. The number of hydrogen-bond acceptors (Lipinski definition) is 6. The van der Waals surface area contributed by atoms with Crippen LogP contribution in [0.5, 0.6) is 0 Å².